The number of aromatic hydroxyl groups is 1. The molecule has 3 heteroatoms. The lowest BCUT2D eigenvalue weighted by Crippen LogP contribution is -1.96. The number of benzene rings is 1. The van der Waals surface area contributed by atoms with Crippen LogP contribution in [0.2, 0.25) is 0 Å². The lowest BCUT2D eigenvalue weighted by Gasteiger charge is -2.04. The van der Waals surface area contributed by atoms with Gasteiger partial charge in [-0.25, -0.2) is 4.68 Å². The summed E-state index contributed by atoms with van der Waals surface area (Å²) in [5.74, 6) is 1.01. The molecule has 0 amide bonds. The van der Waals surface area contributed by atoms with Crippen LogP contribution in [-0.2, 0) is 0 Å². The monoisotopic (exact) mass is 214 g/mol. The Bertz CT molecular complexity index is 526. The van der Waals surface area contributed by atoms with Crippen molar-refractivity contribution in [1.29, 1.82) is 0 Å². The normalized spacial score (nSPS) is 15.3. The molecule has 0 radical (unpaired) electrons. The Labute approximate surface area is 94.3 Å². The lowest BCUT2D eigenvalue weighted by molar-refractivity contribution is 0.471. The van der Waals surface area contributed by atoms with Crippen LogP contribution >= 0.6 is 0 Å². The van der Waals surface area contributed by atoms with Gasteiger partial charge in [0.05, 0.1) is 11.4 Å². The highest BCUT2D eigenvalue weighted by molar-refractivity contribution is 5.42. The molecule has 1 aromatic carbocycles. The number of phenols is 1. The van der Waals surface area contributed by atoms with Gasteiger partial charge in [0, 0.05) is 12.1 Å². The summed E-state index contributed by atoms with van der Waals surface area (Å²) in [6.07, 6.45) is 4.52. The Morgan fingerprint density at radius 2 is 2.12 bits per heavy atom. The molecule has 1 heterocycles. The van der Waals surface area contributed by atoms with E-state index < -0.39 is 0 Å². The highest BCUT2D eigenvalue weighted by Gasteiger charge is 2.25. The number of aryl methyl sites for hydroxylation is 1. The van der Waals surface area contributed by atoms with E-state index in [1.165, 1.54) is 18.5 Å². The van der Waals surface area contributed by atoms with Crippen LogP contribution in [0.15, 0.2) is 30.5 Å². The second-order valence-electron chi connectivity index (χ2n) is 4.43. The van der Waals surface area contributed by atoms with Crippen molar-refractivity contribution in [1.82, 2.24) is 9.78 Å². The zero-order valence-corrected chi connectivity index (χ0v) is 9.22. The second kappa shape index (κ2) is 3.37. The van der Waals surface area contributed by atoms with Crippen molar-refractivity contribution in [2.45, 2.75) is 25.7 Å². The fraction of sp³-hybridized carbons (Fsp3) is 0.308. The minimum absolute atomic E-state index is 0.332. The van der Waals surface area contributed by atoms with Crippen LogP contribution < -0.4 is 0 Å². The highest BCUT2D eigenvalue weighted by atomic mass is 16.3. The van der Waals surface area contributed by atoms with E-state index in [4.69, 9.17) is 0 Å². The average molecular weight is 214 g/mol. The van der Waals surface area contributed by atoms with Crippen LogP contribution in [-0.4, -0.2) is 14.9 Å². The topological polar surface area (TPSA) is 38.0 Å². The number of nitrogens with zero attached hydrogens (tertiary/aromatic N) is 2. The number of rotatable bonds is 2. The molecule has 0 spiro atoms. The first kappa shape index (κ1) is 9.46. The fourth-order valence-electron chi connectivity index (χ4n) is 1.86. The molecule has 0 unspecified atom stereocenters. The van der Waals surface area contributed by atoms with Gasteiger partial charge in [0.2, 0.25) is 0 Å². The summed E-state index contributed by atoms with van der Waals surface area (Å²) in [5.41, 5.74) is 3.06. The van der Waals surface area contributed by atoms with Gasteiger partial charge in [-0.3, -0.25) is 0 Å². The minimum Gasteiger partial charge on any atom is -0.508 e. The minimum atomic E-state index is 0.332. The van der Waals surface area contributed by atoms with Crippen LogP contribution in [0.3, 0.4) is 0 Å². The molecule has 1 aliphatic carbocycles. The molecule has 1 aliphatic rings. The predicted molar refractivity (Wildman–Crippen MR) is 61.9 cm³/mol. The quantitative estimate of drug-likeness (QED) is 0.834. The molecule has 3 nitrogen and oxygen atoms in total. The number of hydrogen-bond donors (Lipinski definition) is 1. The van der Waals surface area contributed by atoms with E-state index in [-0.39, 0.29) is 0 Å². The summed E-state index contributed by atoms with van der Waals surface area (Å²) in [5, 5.41) is 14.0. The lowest BCUT2D eigenvalue weighted by atomic mass is 10.2. The predicted octanol–water partition coefficient (Wildman–Crippen LogP) is 2.76. The summed E-state index contributed by atoms with van der Waals surface area (Å²) >= 11 is 0. The van der Waals surface area contributed by atoms with E-state index >= 15 is 0 Å². The number of aromatic nitrogens is 2. The fourth-order valence-corrected chi connectivity index (χ4v) is 1.86. The van der Waals surface area contributed by atoms with Gasteiger partial charge in [-0.1, -0.05) is 0 Å². The summed E-state index contributed by atoms with van der Waals surface area (Å²) in [4.78, 5) is 0. The number of phenolic OH excluding ortho intramolecular Hbond substituents is 1. The van der Waals surface area contributed by atoms with Crippen molar-refractivity contribution >= 4 is 0 Å². The molecule has 1 N–H and O–H groups in total. The highest BCUT2D eigenvalue weighted by Crippen LogP contribution is 2.39. The molecule has 0 atom stereocenters. The van der Waals surface area contributed by atoms with Crippen LogP contribution in [0, 0.1) is 6.92 Å². The molecule has 16 heavy (non-hydrogen) atoms. The molecule has 1 fully saturated rings. The molecule has 1 saturated carbocycles. The molecule has 0 bridgehead atoms. The van der Waals surface area contributed by atoms with E-state index in [1.54, 1.807) is 6.07 Å². The van der Waals surface area contributed by atoms with E-state index in [1.807, 2.05) is 29.9 Å². The molecular formula is C13H14N2O. The van der Waals surface area contributed by atoms with Crippen molar-refractivity contribution < 1.29 is 5.11 Å². The Balaban J connectivity index is 1.97. The molecular weight excluding hydrogens is 200 g/mol. The number of hydrogen-bond acceptors (Lipinski definition) is 2. The maximum absolute atomic E-state index is 9.46. The van der Waals surface area contributed by atoms with E-state index in [0.717, 1.165) is 11.3 Å². The Morgan fingerprint density at radius 3 is 2.81 bits per heavy atom. The van der Waals surface area contributed by atoms with Crippen molar-refractivity contribution in [3.63, 3.8) is 0 Å². The molecule has 1 aromatic heterocycles. The van der Waals surface area contributed by atoms with Gasteiger partial charge in [0.1, 0.15) is 5.75 Å². The molecule has 2 aromatic rings. The van der Waals surface area contributed by atoms with Crippen molar-refractivity contribution in [2.75, 3.05) is 0 Å². The van der Waals surface area contributed by atoms with Crippen molar-refractivity contribution in [3.05, 3.63) is 41.7 Å². The third-order valence-electron chi connectivity index (χ3n) is 3.05. The second-order valence-corrected chi connectivity index (χ2v) is 4.43. The van der Waals surface area contributed by atoms with Crippen LogP contribution in [0.5, 0.6) is 5.75 Å². The van der Waals surface area contributed by atoms with E-state index in [2.05, 4.69) is 11.2 Å². The summed E-state index contributed by atoms with van der Waals surface area (Å²) in [6.45, 7) is 1.89. The van der Waals surface area contributed by atoms with Crippen LogP contribution in [0.1, 0.15) is 30.0 Å². The molecule has 82 valence electrons. The Hall–Kier alpha value is -1.77. The van der Waals surface area contributed by atoms with Gasteiger partial charge in [-0.15, -0.1) is 0 Å². The first-order valence-electron chi connectivity index (χ1n) is 5.59. The summed E-state index contributed by atoms with van der Waals surface area (Å²) in [7, 11) is 0. The van der Waals surface area contributed by atoms with Gasteiger partial charge in [0.25, 0.3) is 0 Å². The first-order chi connectivity index (χ1) is 7.74. The molecule has 0 aliphatic heterocycles. The smallest absolute Gasteiger partial charge is 0.118 e. The van der Waals surface area contributed by atoms with Gasteiger partial charge < -0.3 is 5.11 Å². The van der Waals surface area contributed by atoms with Crippen LogP contribution in [0.25, 0.3) is 5.69 Å². The first-order valence-corrected chi connectivity index (χ1v) is 5.59. The maximum Gasteiger partial charge on any atom is 0.118 e. The van der Waals surface area contributed by atoms with Crippen LogP contribution in [0.4, 0.5) is 0 Å². The van der Waals surface area contributed by atoms with Crippen molar-refractivity contribution in [3.8, 4) is 11.4 Å². The SMILES string of the molecule is Cc1cc(-n2ccc(C3CC3)n2)ccc1O. The Kier molecular flexibility index (Phi) is 1.99. The standard InChI is InChI=1S/C13H14N2O/c1-9-8-11(4-5-13(9)16)15-7-6-12(14-15)10-2-3-10/h4-8,10,16H,2-3H2,1H3. The van der Waals surface area contributed by atoms with E-state index in [0.29, 0.717) is 11.7 Å². The molecule has 0 saturated heterocycles. The maximum atomic E-state index is 9.46. The van der Waals surface area contributed by atoms with Gasteiger partial charge in [-0.05, 0) is 49.6 Å². The van der Waals surface area contributed by atoms with Gasteiger partial charge >= 0.3 is 0 Å². The average Bonchev–Trinajstić information content (AvgIpc) is 3.01. The van der Waals surface area contributed by atoms with E-state index in [9.17, 15) is 5.11 Å². The van der Waals surface area contributed by atoms with Gasteiger partial charge in [-0.2, -0.15) is 5.10 Å². The van der Waals surface area contributed by atoms with Crippen molar-refractivity contribution in [2.24, 2.45) is 0 Å². The largest absolute Gasteiger partial charge is 0.508 e. The Morgan fingerprint density at radius 1 is 1.31 bits per heavy atom. The third kappa shape index (κ3) is 1.58. The van der Waals surface area contributed by atoms with Gasteiger partial charge in [0.15, 0.2) is 0 Å². The zero-order chi connectivity index (χ0) is 11.1. The summed E-state index contributed by atoms with van der Waals surface area (Å²) in [6, 6.07) is 7.62. The summed E-state index contributed by atoms with van der Waals surface area (Å²) < 4.78 is 1.88. The third-order valence-corrected chi connectivity index (χ3v) is 3.05. The molecule has 3 rings (SSSR count). The zero-order valence-electron chi connectivity index (χ0n) is 9.22.